The van der Waals surface area contributed by atoms with Crippen LogP contribution in [0.4, 0.5) is 5.69 Å². The smallest absolute Gasteiger partial charge is 0.0948 e. The predicted octanol–water partition coefficient (Wildman–Crippen LogP) is 3.54. The van der Waals surface area contributed by atoms with Crippen LogP contribution in [0.1, 0.15) is 12.6 Å². The number of benzene rings is 1. The molecule has 0 fully saturated rings. The monoisotopic (exact) mass is 311 g/mol. The van der Waals surface area contributed by atoms with Crippen LogP contribution in [-0.2, 0) is 12.3 Å². The van der Waals surface area contributed by atoms with Crippen molar-refractivity contribution in [1.82, 2.24) is 9.55 Å². The summed E-state index contributed by atoms with van der Waals surface area (Å²) in [5, 5.41) is 0. The molecule has 0 amide bonds. The van der Waals surface area contributed by atoms with Gasteiger partial charge in [-0.25, -0.2) is 4.98 Å². The first kappa shape index (κ1) is 12.5. The number of thioether (sulfide) groups is 1. The molecule has 2 N–H and O–H groups in total. The van der Waals surface area contributed by atoms with E-state index in [0.717, 1.165) is 27.4 Å². The van der Waals surface area contributed by atoms with Gasteiger partial charge in [0.05, 0.1) is 6.33 Å². The lowest BCUT2D eigenvalue weighted by Gasteiger charge is -2.07. The Kier molecular flexibility index (Phi) is 4.12. The summed E-state index contributed by atoms with van der Waals surface area (Å²) in [7, 11) is 0. The van der Waals surface area contributed by atoms with Gasteiger partial charge < -0.3 is 10.3 Å². The van der Waals surface area contributed by atoms with E-state index in [9.17, 15) is 0 Å². The van der Waals surface area contributed by atoms with Crippen molar-refractivity contribution in [1.29, 1.82) is 0 Å². The predicted molar refractivity (Wildman–Crippen MR) is 76.0 cm³/mol. The quantitative estimate of drug-likeness (QED) is 0.694. The van der Waals surface area contributed by atoms with Crippen LogP contribution < -0.4 is 5.73 Å². The number of anilines is 1. The number of nitrogens with zero attached hydrogens (tertiary/aromatic N) is 2. The van der Waals surface area contributed by atoms with E-state index < -0.39 is 0 Å². The summed E-state index contributed by atoms with van der Waals surface area (Å²) < 4.78 is 3.15. The molecule has 3 nitrogen and oxygen atoms in total. The van der Waals surface area contributed by atoms with Crippen molar-refractivity contribution in [3.8, 4) is 0 Å². The summed E-state index contributed by atoms with van der Waals surface area (Å²) in [5.41, 5.74) is 7.99. The first-order valence-corrected chi connectivity index (χ1v) is 7.15. The second-order valence-corrected chi connectivity index (χ2v) is 5.57. The van der Waals surface area contributed by atoms with Crippen molar-refractivity contribution in [2.24, 2.45) is 0 Å². The first-order valence-electron chi connectivity index (χ1n) is 5.37. The fraction of sp³-hybridized carbons (Fsp3) is 0.250. The molecule has 0 unspecified atom stereocenters. The van der Waals surface area contributed by atoms with Crippen molar-refractivity contribution in [3.63, 3.8) is 0 Å². The summed E-state index contributed by atoms with van der Waals surface area (Å²) in [5.74, 6) is 0.889. The zero-order valence-corrected chi connectivity index (χ0v) is 12.0. The molecule has 2 rings (SSSR count). The Morgan fingerprint density at radius 1 is 1.47 bits per heavy atom. The average Bonchev–Trinajstić information content (AvgIpc) is 2.75. The summed E-state index contributed by atoms with van der Waals surface area (Å²) in [4.78, 5) is 5.26. The van der Waals surface area contributed by atoms with Crippen LogP contribution in [-0.4, -0.2) is 9.55 Å². The van der Waals surface area contributed by atoms with Gasteiger partial charge in [0.2, 0.25) is 0 Å². The molecular weight excluding hydrogens is 298 g/mol. The molecule has 0 aliphatic rings. The molecule has 1 aromatic heterocycles. The number of aromatic nitrogens is 2. The maximum atomic E-state index is 5.96. The normalized spacial score (nSPS) is 10.7. The molecule has 90 valence electrons. The summed E-state index contributed by atoms with van der Waals surface area (Å²) in [6, 6.07) is 5.98. The minimum atomic E-state index is 0.812. The Hall–Kier alpha value is -0.940. The summed E-state index contributed by atoms with van der Waals surface area (Å²) >= 11 is 5.14. The third-order valence-electron chi connectivity index (χ3n) is 2.49. The minimum absolute atomic E-state index is 0.812. The topological polar surface area (TPSA) is 43.8 Å². The zero-order chi connectivity index (χ0) is 12.3. The second-order valence-electron chi connectivity index (χ2n) is 3.64. The molecule has 1 heterocycles. The Morgan fingerprint density at radius 3 is 3.00 bits per heavy atom. The largest absolute Gasteiger partial charge is 0.398 e. The van der Waals surface area contributed by atoms with Crippen LogP contribution in [0.15, 0.2) is 40.1 Å². The first-order chi connectivity index (χ1) is 8.20. The number of nitrogen functional groups attached to an aromatic ring is 1. The lowest BCUT2D eigenvalue weighted by Crippen LogP contribution is -1.97. The SMILES string of the molecule is CCn1cncc1CSc1ccc(Br)cc1N. The van der Waals surface area contributed by atoms with E-state index in [1.165, 1.54) is 5.69 Å². The molecule has 0 aliphatic carbocycles. The number of rotatable bonds is 4. The van der Waals surface area contributed by atoms with Crippen molar-refractivity contribution in [2.75, 3.05) is 5.73 Å². The van der Waals surface area contributed by atoms with Gasteiger partial charge in [-0.2, -0.15) is 0 Å². The number of halogens is 1. The Bertz CT molecular complexity index is 510. The number of aryl methyl sites for hydroxylation is 1. The van der Waals surface area contributed by atoms with E-state index in [4.69, 9.17) is 5.73 Å². The maximum absolute atomic E-state index is 5.96. The Morgan fingerprint density at radius 2 is 2.29 bits per heavy atom. The fourth-order valence-corrected chi connectivity index (χ4v) is 2.87. The van der Waals surface area contributed by atoms with Gasteiger partial charge in [-0.3, -0.25) is 0 Å². The molecule has 1 aromatic carbocycles. The summed E-state index contributed by atoms with van der Waals surface area (Å²) in [6.07, 6.45) is 3.77. The summed E-state index contributed by atoms with van der Waals surface area (Å²) in [6.45, 7) is 3.07. The van der Waals surface area contributed by atoms with Crippen molar-refractivity contribution in [3.05, 3.63) is 40.9 Å². The van der Waals surface area contributed by atoms with Gasteiger partial charge in [0.1, 0.15) is 0 Å². The van der Waals surface area contributed by atoms with Crippen molar-refractivity contribution in [2.45, 2.75) is 24.1 Å². The van der Waals surface area contributed by atoms with E-state index >= 15 is 0 Å². The molecular formula is C12H14BrN3S. The average molecular weight is 312 g/mol. The van der Waals surface area contributed by atoms with E-state index in [2.05, 4.69) is 32.4 Å². The Balaban J connectivity index is 2.07. The van der Waals surface area contributed by atoms with Crippen molar-refractivity contribution >= 4 is 33.4 Å². The van der Waals surface area contributed by atoms with Gasteiger partial charge in [0.15, 0.2) is 0 Å². The standard InChI is InChI=1S/C12H14BrN3S/c1-2-16-8-15-6-10(16)7-17-12-4-3-9(13)5-11(12)14/h3-6,8H,2,7,14H2,1H3. The molecule has 2 aromatic rings. The lowest BCUT2D eigenvalue weighted by molar-refractivity contribution is 0.734. The third kappa shape index (κ3) is 3.04. The Labute approximate surface area is 114 Å². The van der Waals surface area contributed by atoms with Gasteiger partial charge in [-0.15, -0.1) is 11.8 Å². The molecule has 0 radical (unpaired) electrons. The van der Waals surface area contributed by atoms with E-state index in [0.29, 0.717) is 0 Å². The minimum Gasteiger partial charge on any atom is -0.398 e. The van der Waals surface area contributed by atoms with Crippen LogP contribution in [0.25, 0.3) is 0 Å². The highest BCUT2D eigenvalue weighted by molar-refractivity contribution is 9.10. The lowest BCUT2D eigenvalue weighted by atomic mass is 10.3. The van der Waals surface area contributed by atoms with E-state index in [1.54, 1.807) is 11.8 Å². The van der Waals surface area contributed by atoms with E-state index in [-0.39, 0.29) is 0 Å². The second kappa shape index (κ2) is 5.60. The molecule has 5 heteroatoms. The van der Waals surface area contributed by atoms with Gasteiger partial charge in [-0.05, 0) is 25.1 Å². The molecule has 0 saturated heterocycles. The highest BCUT2D eigenvalue weighted by Crippen LogP contribution is 2.30. The molecule has 0 aliphatic heterocycles. The number of nitrogens with two attached hydrogens (primary N) is 1. The highest BCUT2D eigenvalue weighted by atomic mass is 79.9. The molecule has 0 atom stereocenters. The fourth-order valence-electron chi connectivity index (χ4n) is 1.56. The van der Waals surface area contributed by atoms with Gasteiger partial charge in [0, 0.05) is 39.2 Å². The molecule has 0 bridgehead atoms. The van der Waals surface area contributed by atoms with Crippen LogP contribution in [0.3, 0.4) is 0 Å². The van der Waals surface area contributed by atoms with Gasteiger partial charge >= 0.3 is 0 Å². The molecule has 0 spiro atoms. The third-order valence-corrected chi connectivity index (χ3v) is 4.10. The van der Waals surface area contributed by atoms with Gasteiger partial charge in [-0.1, -0.05) is 15.9 Å². The molecule has 17 heavy (non-hydrogen) atoms. The zero-order valence-electron chi connectivity index (χ0n) is 9.56. The molecule has 0 saturated carbocycles. The van der Waals surface area contributed by atoms with Crippen LogP contribution in [0.5, 0.6) is 0 Å². The van der Waals surface area contributed by atoms with E-state index in [1.807, 2.05) is 30.7 Å². The van der Waals surface area contributed by atoms with Crippen LogP contribution in [0.2, 0.25) is 0 Å². The van der Waals surface area contributed by atoms with Gasteiger partial charge in [0.25, 0.3) is 0 Å². The number of hydrogen-bond donors (Lipinski definition) is 1. The number of hydrogen-bond acceptors (Lipinski definition) is 3. The number of imidazole rings is 1. The maximum Gasteiger partial charge on any atom is 0.0948 e. The van der Waals surface area contributed by atoms with Crippen LogP contribution >= 0.6 is 27.7 Å². The van der Waals surface area contributed by atoms with Crippen LogP contribution in [0, 0.1) is 0 Å². The highest BCUT2D eigenvalue weighted by Gasteiger charge is 2.04. The van der Waals surface area contributed by atoms with Crippen molar-refractivity contribution < 1.29 is 0 Å².